The van der Waals surface area contributed by atoms with Gasteiger partial charge in [-0.25, -0.2) is 13.2 Å². The molecule has 33 heavy (non-hydrogen) atoms. The average molecular weight is 472 g/mol. The molecule has 0 radical (unpaired) electrons. The maximum Gasteiger partial charge on any atom is 0.419 e. The summed E-state index contributed by atoms with van der Waals surface area (Å²) in [6.07, 6.45) is 1.59. The highest BCUT2D eigenvalue weighted by molar-refractivity contribution is 7.89. The van der Waals surface area contributed by atoms with Gasteiger partial charge in [-0.05, 0) is 68.9 Å². The molecule has 2 heterocycles. The molecule has 8 nitrogen and oxygen atoms in total. The van der Waals surface area contributed by atoms with Gasteiger partial charge < -0.3 is 9.73 Å². The van der Waals surface area contributed by atoms with Crippen molar-refractivity contribution in [3.63, 3.8) is 0 Å². The van der Waals surface area contributed by atoms with Crippen LogP contribution in [0, 0.1) is 19.8 Å². The lowest BCUT2D eigenvalue weighted by molar-refractivity contribution is -0.117. The summed E-state index contributed by atoms with van der Waals surface area (Å²) < 4.78 is 34.4. The maximum atomic E-state index is 13.2. The van der Waals surface area contributed by atoms with Crippen molar-refractivity contribution in [1.29, 1.82) is 0 Å². The Morgan fingerprint density at radius 1 is 1.15 bits per heavy atom. The molecule has 3 aromatic rings. The van der Waals surface area contributed by atoms with E-state index in [1.807, 2.05) is 39.0 Å². The Bertz CT molecular complexity index is 1350. The number of carbonyl (C=O) groups is 1. The Balaban J connectivity index is 1.39. The predicted molar refractivity (Wildman–Crippen MR) is 127 cm³/mol. The van der Waals surface area contributed by atoms with Gasteiger partial charge in [0.2, 0.25) is 15.9 Å². The van der Waals surface area contributed by atoms with E-state index in [1.54, 1.807) is 6.07 Å². The van der Waals surface area contributed by atoms with Crippen molar-refractivity contribution < 1.29 is 17.6 Å². The van der Waals surface area contributed by atoms with Gasteiger partial charge in [-0.2, -0.15) is 4.31 Å². The van der Waals surface area contributed by atoms with Crippen molar-refractivity contribution >= 4 is 32.7 Å². The van der Waals surface area contributed by atoms with Crippen molar-refractivity contribution in [2.24, 2.45) is 5.92 Å². The fraction of sp³-hybridized carbons (Fsp3) is 0.417. The quantitative estimate of drug-likeness (QED) is 0.591. The minimum atomic E-state index is -3.71. The molecular formula is C24H29N3O5S. The number of aryl methyl sites for hydroxylation is 2. The van der Waals surface area contributed by atoms with Crippen LogP contribution in [0.4, 0.5) is 5.69 Å². The van der Waals surface area contributed by atoms with Gasteiger partial charge in [-0.3, -0.25) is 9.36 Å². The number of anilines is 1. The molecule has 1 N–H and O–H groups in total. The van der Waals surface area contributed by atoms with Crippen molar-refractivity contribution in [1.82, 2.24) is 8.87 Å². The predicted octanol–water partition coefficient (Wildman–Crippen LogP) is 3.66. The Morgan fingerprint density at radius 3 is 2.58 bits per heavy atom. The highest BCUT2D eigenvalue weighted by Gasteiger charge is 2.31. The van der Waals surface area contributed by atoms with Crippen LogP contribution < -0.4 is 11.1 Å². The first-order valence-corrected chi connectivity index (χ1v) is 12.6. The largest absolute Gasteiger partial charge is 0.419 e. The van der Waals surface area contributed by atoms with Gasteiger partial charge >= 0.3 is 5.76 Å². The number of piperidine rings is 1. The maximum absolute atomic E-state index is 13.2. The summed E-state index contributed by atoms with van der Waals surface area (Å²) in [7, 11) is -3.71. The summed E-state index contributed by atoms with van der Waals surface area (Å²) in [5, 5.41) is 2.99. The molecule has 0 atom stereocenters. The number of oxazole rings is 1. The Labute approximate surface area is 193 Å². The van der Waals surface area contributed by atoms with Gasteiger partial charge in [0.05, 0.1) is 10.4 Å². The molecule has 1 aliphatic rings. The van der Waals surface area contributed by atoms with Gasteiger partial charge in [0.25, 0.3) is 0 Å². The number of hydrogen-bond acceptors (Lipinski definition) is 5. The van der Waals surface area contributed by atoms with Crippen LogP contribution in [0.15, 0.2) is 50.5 Å². The number of hydrogen-bond donors (Lipinski definition) is 1. The van der Waals surface area contributed by atoms with Crippen molar-refractivity contribution in [2.45, 2.75) is 51.5 Å². The molecule has 0 spiro atoms. The van der Waals surface area contributed by atoms with E-state index in [4.69, 9.17) is 4.42 Å². The lowest BCUT2D eigenvalue weighted by Crippen LogP contribution is -2.39. The smallest absolute Gasteiger partial charge is 0.408 e. The molecule has 1 amide bonds. The van der Waals surface area contributed by atoms with Crippen LogP contribution in [0.3, 0.4) is 0 Å². The topological polar surface area (TPSA) is 102 Å². The van der Waals surface area contributed by atoms with Crippen LogP contribution in [0.1, 0.15) is 37.3 Å². The third kappa shape index (κ3) is 4.60. The molecule has 0 aliphatic carbocycles. The molecular weight excluding hydrogens is 442 g/mol. The summed E-state index contributed by atoms with van der Waals surface area (Å²) in [4.78, 5) is 24.6. The molecule has 1 fully saturated rings. The van der Waals surface area contributed by atoms with Crippen molar-refractivity contribution in [3.05, 3.63) is 58.1 Å². The second-order valence-corrected chi connectivity index (χ2v) is 10.5. The van der Waals surface area contributed by atoms with Gasteiger partial charge in [-0.1, -0.05) is 12.1 Å². The molecule has 0 saturated carbocycles. The molecule has 2 aromatic carbocycles. The van der Waals surface area contributed by atoms with Crippen LogP contribution in [0.25, 0.3) is 11.1 Å². The summed E-state index contributed by atoms with van der Waals surface area (Å²) in [5.41, 5.74) is 3.83. The van der Waals surface area contributed by atoms with E-state index in [2.05, 4.69) is 5.32 Å². The molecule has 0 unspecified atom stereocenters. The normalized spacial score (nSPS) is 15.7. The third-order valence-electron chi connectivity index (χ3n) is 6.52. The van der Waals surface area contributed by atoms with E-state index >= 15 is 0 Å². The molecule has 9 heteroatoms. The van der Waals surface area contributed by atoms with Gasteiger partial charge in [0.15, 0.2) is 5.58 Å². The minimum absolute atomic E-state index is 0.0501. The van der Waals surface area contributed by atoms with Gasteiger partial charge in [0.1, 0.15) is 0 Å². The lowest BCUT2D eigenvalue weighted by Gasteiger charge is -2.31. The fourth-order valence-corrected chi connectivity index (χ4v) is 5.85. The minimum Gasteiger partial charge on any atom is -0.408 e. The number of aromatic nitrogens is 1. The Kier molecular flexibility index (Phi) is 6.45. The zero-order chi connectivity index (χ0) is 23.8. The van der Waals surface area contributed by atoms with Crippen LogP contribution in [-0.4, -0.2) is 36.3 Å². The lowest BCUT2D eigenvalue weighted by atomic mass is 9.94. The van der Waals surface area contributed by atoms with E-state index < -0.39 is 15.8 Å². The highest BCUT2D eigenvalue weighted by Crippen LogP contribution is 2.28. The number of nitrogens with one attached hydrogen (secondary N) is 1. The summed E-state index contributed by atoms with van der Waals surface area (Å²) in [5.74, 6) is -0.423. The molecule has 176 valence electrons. The number of rotatable bonds is 6. The highest BCUT2D eigenvalue weighted by atomic mass is 32.2. The number of amides is 1. The SMILES string of the molecule is CCn1c(=O)oc2cc(S(=O)(=O)N3CCC(CC(=O)Nc4cccc(C)c4C)CC3)ccc21. The van der Waals surface area contributed by atoms with Crippen LogP contribution in [0.2, 0.25) is 0 Å². The molecule has 0 bridgehead atoms. The number of fused-ring (bicyclic) bond motifs is 1. The van der Waals surface area contributed by atoms with Crippen molar-refractivity contribution in [3.8, 4) is 0 Å². The van der Waals surface area contributed by atoms with E-state index in [0.29, 0.717) is 44.4 Å². The zero-order valence-electron chi connectivity index (χ0n) is 19.1. The zero-order valence-corrected chi connectivity index (χ0v) is 19.9. The first kappa shape index (κ1) is 23.3. The van der Waals surface area contributed by atoms with E-state index in [0.717, 1.165) is 16.8 Å². The number of nitrogens with zero attached hydrogens (tertiary/aromatic N) is 2. The first-order valence-electron chi connectivity index (χ1n) is 11.2. The van der Waals surface area contributed by atoms with Gasteiger partial charge in [-0.15, -0.1) is 0 Å². The van der Waals surface area contributed by atoms with Crippen molar-refractivity contribution in [2.75, 3.05) is 18.4 Å². The van der Waals surface area contributed by atoms with Gasteiger partial charge in [0, 0.05) is 37.8 Å². The van der Waals surface area contributed by atoms with E-state index in [-0.39, 0.29) is 22.3 Å². The summed E-state index contributed by atoms with van der Waals surface area (Å²) in [6.45, 7) is 6.96. The third-order valence-corrected chi connectivity index (χ3v) is 8.41. The van der Waals surface area contributed by atoms with Crippen LogP contribution in [0.5, 0.6) is 0 Å². The van der Waals surface area contributed by atoms with Crippen LogP contribution >= 0.6 is 0 Å². The summed E-state index contributed by atoms with van der Waals surface area (Å²) >= 11 is 0. The molecule has 1 saturated heterocycles. The second kappa shape index (κ2) is 9.15. The first-order chi connectivity index (χ1) is 15.7. The molecule has 1 aromatic heterocycles. The standard InChI is InChI=1S/C24H29N3O5S/c1-4-27-21-9-8-19(15-22(21)32-24(27)29)33(30,31)26-12-10-18(11-13-26)14-23(28)25-20-7-5-6-16(2)17(20)3/h5-9,15,18H,4,10-14H2,1-3H3,(H,25,28). The second-order valence-electron chi connectivity index (χ2n) is 8.59. The average Bonchev–Trinajstić information content (AvgIpc) is 3.11. The summed E-state index contributed by atoms with van der Waals surface area (Å²) in [6, 6.07) is 10.4. The monoisotopic (exact) mass is 471 g/mol. The van der Waals surface area contributed by atoms with E-state index in [9.17, 15) is 18.0 Å². The number of benzene rings is 2. The van der Waals surface area contributed by atoms with Crippen LogP contribution in [-0.2, 0) is 21.4 Å². The Hall–Kier alpha value is -2.91. The fourth-order valence-electron chi connectivity index (χ4n) is 4.36. The number of carbonyl (C=O) groups excluding carboxylic acids is 1. The number of sulfonamides is 1. The molecule has 4 rings (SSSR count). The van der Waals surface area contributed by atoms with E-state index in [1.165, 1.54) is 21.0 Å². The molecule has 1 aliphatic heterocycles. The Morgan fingerprint density at radius 2 is 1.88 bits per heavy atom.